The molecule has 1 atom stereocenters. The van der Waals surface area contributed by atoms with E-state index < -0.39 is 0 Å². The van der Waals surface area contributed by atoms with Crippen molar-refractivity contribution in [2.75, 3.05) is 44.3 Å². The van der Waals surface area contributed by atoms with Crippen LogP contribution in [0.15, 0.2) is 6.33 Å². The van der Waals surface area contributed by atoms with Gasteiger partial charge in [-0.15, -0.1) is 0 Å². The zero-order chi connectivity index (χ0) is 15.6. The number of hydrogen-bond donors (Lipinski definition) is 0. The lowest BCUT2D eigenvalue weighted by molar-refractivity contribution is -0.139. The predicted octanol–water partition coefficient (Wildman–Crippen LogP) is 1.04. The molecule has 0 unspecified atom stereocenters. The number of morpholine rings is 1. The van der Waals surface area contributed by atoms with E-state index in [2.05, 4.69) is 14.9 Å². The van der Waals surface area contributed by atoms with Gasteiger partial charge in [-0.2, -0.15) is 0 Å². The number of carbonyl (C=O) groups is 1. The van der Waals surface area contributed by atoms with E-state index in [4.69, 9.17) is 4.74 Å². The number of nitrogens with zero attached hydrogens (tertiary/aromatic N) is 4. The van der Waals surface area contributed by atoms with E-state index in [1.54, 1.807) is 6.33 Å². The van der Waals surface area contributed by atoms with Gasteiger partial charge in [0.25, 0.3) is 0 Å². The van der Waals surface area contributed by atoms with Gasteiger partial charge in [0.15, 0.2) is 0 Å². The van der Waals surface area contributed by atoms with Gasteiger partial charge in [0.05, 0.1) is 19.1 Å². The van der Waals surface area contributed by atoms with Crippen molar-refractivity contribution >= 4 is 11.7 Å². The zero-order valence-electron chi connectivity index (χ0n) is 13.5. The van der Waals surface area contributed by atoms with Crippen LogP contribution < -0.4 is 4.90 Å². The Kier molecular flexibility index (Phi) is 4.16. The molecular weight excluding hydrogens is 292 g/mol. The number of aryl methyl sites for hydroxylation is 1. The van der Waals surface area contributed by atoms with Gasteiger partial charge in [0.1, 0.15) is 12.1 Å². The SMILES string of the molecule is O=C([C@@H]1CCCN(c2ncnc3c2CCC3)C1)N1CCOCC1. The molecule has 1 aliphatic carbocycles. The van der Waals surface area contributed by atoms with Gasteiger partial charge in [0.2, 0.25) is 5.91 Å². The molecule has 0 radical (unpaired) electrons. The average molecular weight is 316 g/mol. The van der Waals surface area contributed by atoms with Crippen molar-refractivity contribution in [3.63, 3.8) is 0 Å². The second kappa shape index (κ2) is 6.43. The van der Waals surface area contributed by atoms with Crippen molar-refractivity contribution < 1.29 is 9.53 Å². The van der Waals surface area contributed by atoms with Crippen LogP contribution in [0.4, 0.5) is 5.82 Å². The van der Waals surface area contributed by atoms with Crippen molar-refractivity contribution in [3.05, 3.63) is 17.6 Å². The molecule has 23 heavy (non-hydrogen) atoms. The minimum absolute atomic E-state index is 0.0915. The van der Waals surface area contributed by atoms with E-state index >= 15 is 0 Å². The number of anilines is 1. The number of rotatable bonds is 2. The number of ether oxygens (including phenoxy) is 1. The molecule has 2 aliphatic heterocycles. The molecule has 2 fully saturated rings. The van der Waals surface area contributed by atoms with Crippen LogP contribution in [0.3, 0.4) is 0 Å². The van der Waals surface area contributed by atoms with Gasteiger partial charge in [-0.05, 0) is 32.1 Å². The highest BCUT2D eigenvalue weighted by atomic mass is 16.5. The van der Waals surface area contributed by atoms with E-state index in [0.717, 1.165) is 57.7 Å². The van der Waals surface area contributed by atoms with Crippen LogP contribution in [0.2, 0.25) is 0 Å². The van der Waals surface area contributed by atoms with Crippen molar-refractivity contribution in [3.8, 4) is 0 Å². The number of aromatic nitrogens is 2. The highest BCUT2D eigenvalue weighted by Gasteiger charge is 2.32. The molecule has 0 aromatic carbocycles. The quantitative estimate of drug-likeness (QED) is 0.816. The Bertz CT molecular complexity index is 586. The molecule has 0 spiro atoms. The molecule has 4 rings (SSSR count). The molecule has 124 valence electrons. The maximum atomic E-state index is 12.8. The first-order valence-electron chi connectivity index (χ1n) is 8.77. The van der Waals surface area contributed by atoms with Crippen molar-refractivity contribution in [2.45, 2.75) is 32.1 Å². The summed E-state index contributed by atoms with van der Waals surface area (Å²) in [4.78, 5) is 26.0. The van der Waals surface area contributed by atoms with Crippen LogP contribution >= 0.6 is 0 Å². The smallest absolute Gasteiger partial charge is 0.227 e. The topological polar surface area (TPSA) is 58.6 Å². The Hall–Kier alpha value is -1.69. The number of amides is 1. The Morgan fingerprint density at radius 1 is 1.13 bits per heavy atom. The molecule has 6 heteroatoms. The Labute approximate surface area is 136 Å². The van der Waals surface area contributed by atoms with E-state index in [0.29, 0.717) is 19.1 Å². The first kappa shape index (κ1) is 14.9. The number of fused-ring (bicyclic) bond motifs is 1. The molecule has 0 N–H and O–H groups in total. The molecule has 3 heterocycles. The lowest BCUT2D eigenvalue weighted by atomic mass is 9.96. The molecule has 1 aromatic heterocycles. The third-order valence-corrected chi connectivity index (χ3v) is 5.25. The fraction of sp³-hybridized carbons (Fsp3) is 0.706. The first-order valence-corrected chi connectivity index (χ1v) is 8.77. The van der Waals surface area contributed by atoms with Crippen LogP contribution in [-0.2, 0) is 22.4 Å². The number of piperidine rings is 1. The monoisotopic (exact) mass is 316 g/mol. The summed E-state index contributed by atoms with van der Waals surface area (Å²) < 4.78 is 5.36. The fourth-order valence-electron chi connectivity index (χ4n) is 4.03. The summed E-state index contributed by atoms with van der Waals surface area (Å²) in [6, 6.07) is 0. The fourth-order valence-corrected chi connectivity index (χ4v) is 4.03. The largest absolute Gasteiger partial charge is 0.378 e. The minimum atomic E-state index is 0.0915. The molecule has 2 saturated heterocycles. The van der Waals surface area contributed by atoms with Gasteiger partial charge < -0.3 is 14.5 Å². The summed E-state index contributed by atoms with van der Waals surface area (Å²) in [6.07, 6.45) is 7.04. The zero-order valence-corrected chi connectivity index (χ0v) is 13.5. The van der Waals surface area contributed by atoms with Crippen LogP contribution in [0.5, 0.6) is 0 Å². The number of hydrogen-bond acceptors (Lipinski definition) is 5. The number of carbonyl (C=O) groups excluding carboxylic acids is 1. The van der Waals surface area contributed by atoms with E-state index in [9.17, 15) is 4.79 Å². The summed E-state index contributed by atoms with van der Waals surface area (Å²) in [5.41, 5.74) is 2.52. The average Bonchev–Trinajstić information content (AvgIpc) is 3.10. The molecule has 0 bridgehead atoms. The normalized spacial score (nSPS) is 24.6. The maximum absolute atomic E-state index is 12.8. The van der Waals surface area contributed by atoms with Crippen molar-refractivity contribution in [2.24, 2.45) is 5.92 Å². The minimum Gasteiger partial charge on any atom is -0.378 e. The molecule has 1 aromatic rings. The van der Waals surface area contributed by atoms with Gasteiger partial charge in [-0.1, -0.05) is 0 Å². The van der Waals surface area contributed by atoms with E-state index in [-0.39, 0.29) is 5.92 Å². The second-order valence-electron chi connectivity index (χ2n) is 6.70. The molecular formula is C17H24N4O2. The van der Waals surface area contributed by atoms with Crippen LogP contribution in [-0.4, -0.2) is 60.2 Å². The summed E-state index contributed by atoms with van der Waals surface area (Å²) >= 11 is 0. The predicted molar refractivity (Wildman–Crippen MR) is 86.4 cm³/mol. The Morgan fingerprint density at radius 2 is 2.00 bits per heavy atom. The third-order valence-electron chi connectivity index (χ3n) is 5.25. The highest BCUT2D eigenvalue weighted by Crippen LogP contribution is 2.31. The van der Waals surface area contributed by atoms with Gasteiger partial charge in [-0.25, -0.2) is 9.97 Å². The third kappa shape index (κ3) is 2.92. The first-order chi connectivity index (χ1) is 11.3. The summed E-state index contributed by atoms with van der Waals surface area (Å²) in [7, 11) is 0. The van der Waals surface area contributed by atoms with Crippen LogP contribution in [0, 0.1) is 5.92 Å². The molecule has 6 nitrogen and oxygen atoms in total. The van der Waals surface area contributed by atoms with Gasteiger partial charge in [-0.3, -0.25) is 4.79 Å². The standard InChI is InChI=1S/C17H24N4O2/c22-17(20-7-9-23-10-8-20)13-3-2-6-21(11-13)16-14-4-1-5-15(14)18-12-19-16/h12-13H,1-11H2/t13-/m1/s1. The Morgan fingerprint density at radius 3 is 2.87 bits per heavy atom. The Balaban J connectivity index is 1.49. The molecule has 3 aliphatic rings. The van der Waals surface area contributed by atoms with Gasteiger partial charge >= 0.3 is 0 Å². The maximum Gasteiger partial charge on any atom is 0.227 e. The molecule has 0 saturated carbocycles. The summed E-state index contributed by atoms with van der Waals surface area (Å²) in [6.45, 7) is 4.59. The van der Waals surface area contributed by atoms with Crippen LogP contribution in [0.1, 0.15) is 30.5 Å². The summed E-state index contributed by atoms with van der Waals surface area (Å²) in [5.74, 6) is 1.46. The molecule has 1 amide bonds. The van der Waals surface area contributed by atoms with Crippen molar-refractivity contribution in [1.82, 2.24) is 14.9 Å². The lowest BCUT2D eigenvalue weighted by Crippen LogP contribution is -2.48. The van der Waals surface area contributed by atoms with E-state index in [1.807, 2.05) is 4.90 Å². The van der Waals surface area contributed by atoms with E-state index in [1.165, 1.54) is 17.7 Å². The van der Waals surface area contributed by atoms with Crippen LogP contribution in [0.25, 0.3) is 0 Å². The highest BCUT2D eigenvalue weighted by molar-refractivity contribution is 5.80. The van der Waals surface area contributed by atoms with Gasteiger partial charge in [0, 0.05) is 37.4 Å². The van der Waals surface area contributed by atoms with Crippen molar-refractivity contribution in [1.29, 1.82) is 0 Å². The lowest BCUT2D eigenvalue weighted by Gasteiger charge is -2.37. The summed E-state index contributed by atoms with van der Waals surface area (Å²) in [5, 5.41) is 0. The second-order valence-corrected chi connectivity index (χ2v) is 6.70.